The number of halogens is 1. The molecule has 0 spiro atoms. The molecule has 0 unspecified atom stereocenters. The van der Waals surface area contributed by atoms with Crippen LogP contribution in [0.4, 0.5) is 10.2 Å². The molecule has 0 radical (unpaired) electrons. The lowest BCUT2D eigenvalue weighted by molar-refractivity contribution is -0.136. The van der Waals surface area contributed by atoms with Gasteiger partial charge in [-0.3, -0.25) is 4.79 Å². The number of aromatic nitrogens is 1. The Kier molecular flexibility index (Phi) is 4.98. The predicted octanol–water partition coefficient (Wildman–Crippen LogP) is 5.32. The molecule has 160 valence electrons. The lowest BCUT2D eigenvalue weighted by Crippen LogP contribution is -2.08. The van der Waals surface area contributed by atoms with Crippen molar-refractivity contribution >= 4 is 22.6 Å². The molecule has 5 nitrogen and oxygen atoms in total. The van der Waals surface area contributed by atoms with E-state index in [4.69, 9.17) is 10.5 Å². The quantitative estimate of drug-likeness (QED) is 0.450. The number of nitrogen functional groups attached to an aromatic ring is 1. The van der Waals surface area contributed by atoms with Crippen molar-refractivity contribution < 1.29 is 19.0 Å². The Morgan fingerprint density at radius 3 is 2.75 bits per heavy atom. The van der Waals surface area contributed by atoms with Crippen LogP contribution in [0.25, 0.3) is 21.9 Å². The summed E-state index contributed by atoms with van der Waals surface area (Å²) >= 11 is 0. The number of rotatable bonds is 5. The third-order valence-electron chi connectivity index (χ3n) is 5.94. The lowest BCUT2D eigenvalue weighted by Gasteiger charge is -2.18. The zero-order chi connectivity index (χ0) is 22.2. The second-order valence-corrected chi connectivity index (χ2v) is 8.01. The summed E-state index contributed by atoms with van der Waals surface area (Å²) < 4.78 is 20.0. The molecular weight excluding hydrogens is 407 g/mol. The van der Waals surface area contributed by atoms with Gasteiger partial charge in [-0.25, -0.2) is 9.37 Å². The van der Waals surface area contributed by atoms with Crippen LogP contribution in [-0.4, -0.2) is 16.1 Å². The molecule has 4 aromatic rings. The van der Waals surface area contributed by atoms with Crippen molar-refractivity contribution in [1.29, 1.82) is 0 Å². The molecule has 0 saturated carbocycles. The molecule has 0 aliphatic heterocycles. The number of hydrogen-bond acceptors (Lipinski definition) is 4. The first kappa shape index (κ1) is 20.0. The number of carbonyl (C=O) groups is 1. The molecule has 0 fully saturated rings. The number of aliphatic carboxylic acids is 1. The fourth-order valence-corrected chi connectivity index (χ4v) is 4.34. The van der Waals surface area contributed by atoms with Crippen molar-refractivity contribution in [2.45, 2.75) is 25.4 Å². The number of pyridine rings is 1. The standard InChI is InChI=1S/C26H21FN2O3/c27-20-7-5-19(13-25(30)31)24(14-20)32-23-8-6-15-1-3-17(11-21(15)23)18-4-2-16-9-10-29-26(28)22(16)12-18/h1-5,7,9-12,14,23H,6,8,13H2,(H2,28,29)(H,30,31)/t23-/m1/s1. The van der Waals surface area contributed by atoms with Gasteiger partial charge in [-0.2, -0.15) is 0 Å². The largest absolute Gasteiger partial charge is 0.485 e. The maximum absolute atomic E-state index is 13.9. The first-order chi connectivity index (χ1) is 15.5. The third kappa shape index (κ3) is 3.75. The van der Waals surface area contributed by atoms with Crippen molar-refractivity contribution in [1.82, 2.24) is 4.98 Å². The Balaban J connectivity index is 1.49. The number of carboxylic acids is 1. The Bertz CT molecular complexity index is 1350. The van der Waals surface area contributed by atoms with Gasteiger partial charge >= 0.3 is 5.97 Å². The number of carboxylic acid groups (broad SMARTS) is 1. The van der Waals surface area contributed by atoms with E-state index in [9.17, 15) is 14.3 Å². The van der Waals surface area contributed by atoms with Crippen LogP contribution in [-0.2, 0) is 17.6 Å². The van der Waals surface area contributed by atoms with E-state index in [0.717, 1.165) is 40.3 Å². The minimum atomic E-state index is -0.986. The number of nitrogens with two attached hydrogens (primary N) is 1. The minimum absolute atomic E-state index is 0.220. The SMILES string of the molecule is Nc1nccc2ccc(-c3ccc4c(c3)[C@H](Oc3cc(F)ccc3CC(=O)O)CC4)cc12. The Morgan fingerprint density at radius 1 is 1.09 bits per heavy atom. The number of anilines is 1. The second-order valence-electron chi connectivity index (χ2n) is 8.01. The zero-order valence-corrected chi connectivity index (χ0v) is 17.2. The summed E-state index contributed by atoms with van der Waals surface area (Å²) in [4.78, 5) is 15.4. The fourth-order valence-electron chi connectivity index (χ4n) is 4.34. The topological polar surface area (TPSA) is 85.4 Å². The van der Waals surface area contributed by atoms with E-state index in [2.05, 4.69) is 23.2 Å². The summed E-state index contributed by atoms with van der Waals surface area (Å²) in [7, 11) is 0. The molecule has 1 aliphatic carbocycles. The smallest absolute Gasteiger partial charge is 0.307 e. The van der Waals surface area contributed by atoms with Crippen LogP contribution in [0.1, 0.15) is 29.2 Å². The van der Waals surface area contributed by atoms with Gasteiger partial charge in [-0.15, -0.1) is 0 Å². The van der Waals surface area contributed by atoms with E-state index in [1.165, 1.54) is 23.8 Å². The summed E-state index contributed by atoms with van der Waals surface area (Å²) in [5.41, 5.74) is 10.8. The van der Waals surface area contributed by atoms with Crippen molar-refractivity contribution in [3.63, 3.8) is 0 Å². The molecule has 0 saturated heterocycles. The highest BCUT2D eigenvalue weighted by molar-refractivity contribution is 5.94. The Hall–Kier alpha value is -3.93. The van der Waals surface area contributed by atoms with Crippen LogP contribution >= 0.6 is 0 Å². The third-order valence-corrected chi connectivity index (χ3v) is 5.94. The number of fused-ring (bicyclic) bond motifs is 2. The van der Waals surface area contributed by atoms with E-state index >= 15 is 0 Å². The van der Waals surface area contributed by atoms with Gasteiger partial charge in [0, 0.05) is 23.2 Å². The van der Waals surface area contributed by atoms with Crippen LogP contribution in [0, 0.1) is 5.82 Å². The molecule has 0 bridgehead atoms. The number of benzene rings is 3. The molecule has 3 aromatic carbocycles. The normalized spacial score (nSPS) is 15.0. The highest BCUT2D eigenvalue weighted by Crippen LogP contribution is 2.39. The highest BCUT2D eigenvalue weighted by atomic mass is 19.1. The van der Waals surface area contributed by atoms with Crippen LogP contribution < -0.4 is 10.5 Å². The van der Waals surface area contributed by atoms with Crippen LogP contribution in [0.15, 0.2) is 66.9 Å². The van der Waals surface area contributed by atoms with E-state index in [0.29, 0.717) is 11.4 Å². The first-order valence-corrected chi connectivity index (χ1v) is 10.4. The van der Waals surface area contributed by atoms with E-state index in [1.54, 1.807) is 6.20 Å². The summed E-state index contributed by atoms with van der Waals surface area (Å²) in [5, 5.41) is 11.1. The van der Waals surface area contributed by atoms with Crippen LogP contribution in [0.3, 0.4) is 0 Å². The second kappa shape index (κ2) is 7.96. The molecule has 1 aliphatic rings. The van der Waals surface area contributed by atoms with Crippen molar-refractivity contribution in [2.24, 2.45) is 0 Å². The van der Waals surface area contributed by atoms with Gasteiger partial charge in [-0.05, 0) is 64.7 Å². The average Bonchev–Trinajstić information content (AvgIpc) is 3.17. The fraction of sp³-hybridized carbons (Fsp3) is 0.154. The molecule has 32 heavy (non-hydrogen) atoms. The lowest BCUT2D eigenvalue weighted by atomic mass is 9.98. The van der Waals surface area contributed by atoms with Gasteiger partial charge in [0.05, 0.1) is 6.42 Å². The maximum Gasteiger partial charge on any atom is 0.307 e. The number of hydrogen-bond donors (Lipinski definition) is 2. The van der Waals surface area contributed by atoms with Gasteiger partial charge in [0.1, 0.15) is 23.5 Å². The Labute approximate surface area is 184 Å². The summed E-state index contributed by atoms with van der Waals surface area (Å²) in [6.45, 7) is 0. The molecule has 1 heterocycles. The van der Waals surface area contributed by atoms with Crippen LogP contribution in [0.2, 0.25) is 0 Å². The van der Waals surface area contributed by atoms with E-state index in [1.807, 2.05) is 24.3 Å². The maximum atomic E-state index is 13.9. The first-order valence-electron chi connectivity index (χ1n) is 10.4. The molecule has 6 heteroatoms. The van der Waals surface area contributed by atoms with Crippen molar-refractivity contribution in [2.75, 3.05) is 5.73 Å². The molecule has 0 amide bonds. The van der Waals surface area contributed by atoms with Gasteiger partial charge in [0.2, 0.25) is 0 Å². The van der Waals surface area contributed by atoms with Gasteiger partial charge < -0.3 is 15.6 Å². The van der Waals surface area contributed by atoms with Gasteiger partial charge in [0.15, 0.2) is 0 Å². The molecule has 5 rings (SSSR count). The van der Waals surface area contributed by atoms with Gasteiger partial charge in [-0.1, -0.05) is 30.3 Å². The monoisotopic (exact) mass is 428 g/mol. The minimum Gasteiger partial charge on any atom is -0.485 e. The number of ether oxygens (including phenoxy) is 1. The molecule has 3 N–H and O–H groups in total. The van der Waals surface area contributed by atoms with Crippen molar-refractivity contribution in [3.8, 4) is 16.9 Å². The zero-order valence-electron chi connectivity index (χ0n) is 17.2. The van der Waals surface area contributed by atoms with E-state index < -0.39 is 11.8 Å². The van der Waals surface area contributed by atoms with Crippen molar-refractivity contribution in [3.05, 3.63) is 89.4 Å². The predicted molar refractivity (Wildman–Crippen MR) is 121 cm³/mol. The summed E-state index contributed by atoms with van der Waals surface area (Å²) in [5.74, 6) is -0.673. The van der Waals surface area contributed by atoms with Crippen LogP contribution in [0.5, 0.6) is 5.75 Å². The summed E-state index contributed by atoms with van der Waals surface area (Å²) in [6, 6.07) is 18.3. The van der Waals surface area contributed by atoms with E-state index in [-0.39, 0.29) is 18.3 Å². The Morgan fingerprint density at radius 2 is 1.91 bits per heavy atom. The molecular formula is C26H21FN2O3. The number of nitrogens with zero attached hydrogens (tertiary/aromatic N) is 1. The summed E-state index contributed by atoms with van der Waals surface area (Å²) in [6.07, 6.45) is 2.79. The highest BCUT2D eigenvalue weighted by Gasteiger charge is 2.26. The molecule has 1 aromatic heterocycles. The number of aryl methyl sites for hydroxylation is 1. The van der Waals surface area contributed by atoms with Gasteiger partial charge in [0.25, 0.3) is 0 Å². The average molecular weight is 428 g/mol. The molecule has 1 atom stereocenters.